The van der Waals surface area contributed by atoms with Gasteiger partial charge in [0.05, 0.1) is 24.7 Å². The van der Waals surface area contributed by atoms with Gasteiger partial charge < -0.3 is 14.2 Å². The fourth-order valence-corrected chi connectivity index (χ4v) is 3.87. The molecule has 4 aromatic rings. The molecule has 31 heavy (non-hydrogen) atoms. The van der Waals surface area contributed by atoms with Crippen LogP contribution in [0.5, 0.6) is 5.75 Å². The number of benzene rings is 2. The summed E-state index contributed by atoms with van der Waals surface area (Å²) in [6.45, 7) is 2.23. The zero-order valence-electron chi connectivity index (χ0n) is 17.2. The summed E-state index contributed by atoms with van der Waals surface area (Å²) < 4.78 is 12.6. The Kier molecular flexibility index (Phi) is 5.07. The lowest BCUT2D eigenvalue weighted by Gasteiger charge is -2.14. The molecule has 1 fully saturated rings. The van der Waals surface area contributed by atoms with Crippen LogP contribution in [-0.4, -0.2) is 56.1 Å². The number of likely N-dealkylation sites (tertiary alicyclic amines) is 1. The van der Waals surface area contributed by atoms with Crippen molar-refractivity contribution < 1.29 is 14.1 Å². The molecule has 5 rings (SSSR count). The van der Waals surface area contributed by atoms with E-state index in [0.29, 0.717) is 30.4 Å². The number of nitrogens with zero attached hydrogens (tertiary/aromatic N) is 6. The second-order valence-electron chi connectivity index (χ2n) is 7.48. The number of ether oxygens (including phenoxy) is 1. The maximum atomic E-state index is 12.3. The lowest BCUT2D eigenvalue weighted by Crippen LogP contribution is -2.28. The van der Waals surface area contributed by atoms with Crippen LogP contribution in [0.4, 0.5) is 0 Å². The van der Waals surface area contributed by atoms with Crippen molar-refractivity contribution in [3.63, 3.8) is 0 Å². The number of aryl methyl sites for hydroxylation is 1. The minimum atomic E-state index is 0.174. The molecule has 1 saturated heterocycles. The first-order valence-corrected chi connectivity index (χ1v) is 10.3. The molecule has 9 nitrogen and oxygen atoms in total. The van der Waals surface area contributed by atoms with Gasteiger partial charge in [0.1, 0.15) is 11.3 Å². The molecule has 9 heteroatoms. The molecule has 0 unspecified atom stereocenters. The summed E-state index contributed by atoms with van der Waals surface area (Å²) in [7, 11) is 1.60. The summed E-state index contributed by atoms with van der Waals surface area (Å²) in [6.07, 6.45) is 2.61. The molecule has 0 radical (unpaired) electrons. The number of carbonyl (C=O) groups is 1. The van der Waals surface area contributed by atoms with E-state index in [0.717, 1.165) is 48.1 Å². The Bertz CT molecular complexity index is 1220. The van der Waals surface area contributed by atoms with Gasteiger partial charge in [-0.05, 0) is 43.2 Å². The quantitative estimate of drug-likeness (QED) is 0.474. The fraction of sp³-hybridized carbons (Fsp3) is 0.318. The van der Waals surface area contributed by atoms with Crippen LogP contribution in [0.2, 0.25) is 0 Å². The van der Waals surface area contributed by atoms with E-state index in [9.17, 15) is 4.79 Å². The normalized spacial score (nSPS) is 13.8. The third kappa shape index (κ3) is 3.74. The second kappa shape index (κ2) is 8.17. The van der Waals surface area contributed by atoms with E-state index < -0.39 is 0 Å². The lowest BCUT2D eigenvalue weighted by atomic mass is 10.2. The monoisotopic (exact) mass is 418 g/mol. The first-order chi connectivity index (χ1) is 15.2. The van der Waals surface area contributed by atoms with Gasteiger partial charge in [-0.3, -0.25) is 4.79 Å². The molecular weight excluding hydrogens is 396 g/mol. The summed E-state index contributed by atoms with van der Waals surface area (Å²) in [4.78, 5) is 18.7. The van der Waals surface area contributed by atoms with Crippen molar-refractivity contribution >= 4 is 16.9 Å². The highest BCUT2D eigenvalue weighted by Gasteiger charge is 2.19. The first-order valence-electron chi connectivity index (χ1n) is 10.3. The molecule has 1 amide bonds. The predicted octanol–water partition coefficient (Wildman–Crippen LogP) is 3.17. The molecule has 3 heterocycles. The average molecular weight is 418 g/mol. The molecule has 0 bridgehead atoms. The molecule has 158 valence electrons. The molecule has 2 aromatic carbocycles. The van der Waals surface area contributed by atoms with Gasteiger partial charge in [-0.2, -0.15) is 4.98 Å². The van der Waals surface area contributed by atoms with Crippen molar-refractivity contribution in [1.29, 1.82) is 0 Å². The first kappa shape index (κ1) is 19.2. The van der Waals surface area contributed by atoms with Gasteiger partial charge in [0.15, 0.2) is 0 Å². The molecule has 1 aliphatic rings. The predicted molar refractivity (Wildman–Crippen MR) is 113 cm³/mol. The van der Waals surface area contributed by atoms with Gasteiger partial charge in [0, 0.05) is 25.1 Å². The zero-order chi connectivity index (χ0) is 21.2. The molecule has 2 aromatic heterocycles. The highest BCUT2D eigenvalue weighted by Crippen LogP contribution is 2.30. The molecular formula is C22H22N6O3. The van der Waals surface area contributed by atoms with E-state index >= 15 is 0 Å². The molecule has 0 atom stereocenters. The second-order valence-corrected chi connectivity index (χ2v) is 7.48. The van der Waals surface area contributed by atoms with Crippen molar-refractivity contribution in [2.45, 2.75) is 25.8 Å². The molecule has 1 aliphatic heterocycles. The van der Waals surface area contributed by atoms with Gasteiger partial charge in [-0.25, -0.2) is 4.68 Å². The zero-order valence-corrected chi connectivity index (χ0v) is 17.2. The van der Waals surface area contributed by atoms with Crippen LogP contribution in [0.3, 0.4) is 0 Å². The lowest BCUT2D eigenvalue weighted by molar-refractivity contribution is -0.130. The highest BCUT2D eigenvalue weighted by atomic mass is 16.5. The van der Waals surface area contributed by atoms with E-state index in [4.69, 9.17) is 9.26 Å². The Morgan fingerprint density at radius 1 is 1.16 bits per heavy atom. The van der Waals surface area contributed by atoms with Crippen molar-refractivity contribution in [2.24, 2.45) is 0 Å². The standard InChI is InChI=1S/C22H22N6O3/c1-30-19-7-3-2-6-16(19)22-23-21(25-31-22)15-8-9-18-17(14-15)24-26-28(18)13-10-20(29)27-11-4-5-12-27/h2-3,6-9,14H,4-5,10-13H2,1H3. The van der Waals surface area contributed by atoms with E-state index in [1.807, 2.05) is 47.4 Å². The number of carbonyl (C=O) groups excluding carboxylic acids is 1. The summed E-state index contributed by atoms with van der Waals surface area (Å²) in [5.74, 6) is 1.69. The van der Waals surface area contributed by atoms with Crippen LogP contribution in [0.1, 0.15) is 19.3 Å². The van der Waals surface area contributed by atoms with E-state index in [2.05, 4.69) is 20.5 Å². The van der Waals surface area contributed by atoms with E-state index in [1.54, 1.807) is 11.8 Å². The topological polar surface area (TPSA) is 99.2 Å². The summed E-state index contributed by atoms with van der Waals surface area (Å²) in [6, 6.07) is 13.2. The Balaban J connectivity index is 1.35. The van der Waals surface area contributed by atoms with Crippen LogP contribution in [-0.2, 0) is 11.3 Å². The minimum Gasteiger partial charge on any atom is -0.496 e. The van der Waals surface area contributed by atoms with Gasteiger partial charge in [0.2, 0.25) is 11.7 Å². The third-order valence-electron chi connectivity index (χ3n) is 5.53. The van der Waals surface area contributed by atoms with Crippen molar-refractivity contribution in [3.05, 3.63) is 42.5 Å². The molecule has 0 aliphatic carbocycles. The van der Waals surface area contributed by atoms with Crippen LogP contribution in [0, 0.1) is 0 Å². The maximum absolute atomic E-state index is 12.3. The number of amides is 1. The van der Waals surface area contributed by atoms with Crippen molar-refractivity contribution in [1.82, 2.24) is 30.0 Å². The van der Waals surface area contributed by atoms with Crippen LogP contribution in [0.25, 0.3) is 33.9 Å². The molecule has 0 saturated carbocycles. The van der Waals surface area contributed by atoms with Gasteiger partial charge in [-0.1, -0.05) is 22.5 Å². The summed E-state index contributed by atoms with van der Waals surface area (Å²) in [5.41, 5.74) is 3.09. The number of hydrogen-bond acceptors (Lipinski definition) is 7. The summed E-state index contributed by atoms with van der Waals surface area (Å²) >= 11 is 0. The van der Waals surface area contributed by atoms with E-state index in [-0.39, 0.29) is 5.91 Å². The number of hydrogen-bond donors (Lipinski definition) is 0. The molecule has 0 spiro atoms. The molecule has 0 N–H and O–H groups in total. The van der Waals surface area contributed by atoms with Crippen LogP contribution < -0.4 is 4.74 Å². The third-order valence-corrected chi connectivity index (χ3v) is 5.53. The van der Waals surface area contributed by atoms with Crippen molar-refractivity contribution in [2.75, 3.05) is 20.2 Å². The fourth-order valence-electron chi connectivity index (χ4n) is 3.87. The van der Waals surface area contributed by atoms with E-state index in [1.165, 1.54) is 0 Å². The smallest absolute Gasteiger partial charge is 0.262 e. The van der Waals surface area contributed by atoms with Gasteiger partial charge in [0.25, 0.3) is 5.89 Å². The number of aromatic nitrogens is 5. The Labute approximate surface area is 178 Å². The number of methoxy groups -OCH3 is 1. The minimum absolute atomic E-state index is 0.174. The number of fused-ring (bicyclic) bond motifs is 1. The Morgan fingerprint density at radius 2 is 2.00 bits per heavy atom. The summed E-state index contributed by atoms with van der Waals surface area (Å²) in [5, 5.41) is 12.6. The highest BCUT2D eigenvalue weighted by molar-refractivity contribution is 5.81. The average Bonchev–Trinajstić information content (AvgIpc) is 3.58. The number of rotatable bonds is 6. The van der Waals surface area contributed by atoms with Crippen LogP contribution in [0.15, 0.2) is 47.0 Å². The van der Waals surface area contributed by atoms with Gasteiger partial charge in [-0.15, -0.1) is 5.10 Å². The van der Waals surface area contributed by atoms with Crippen LogP contribution >= 0.6 is 0 Å². The Morgan fingerprint density at radius 3 is 2.84 bits per heavy atom. The Hall–Kier alpha value is -3.75. The number of para-hydroxylation sites is 1. The largest absolute Gasteiger partial charge is 0.496 e. The van der Waals surface area contributed by atoms with Crippen molar-refractivity contribution in [3.8, 4) is 28.6 Å². The SMILES string of the molecule is COc1ccccc1-c1nc(-c2ccc3c(c2)nnn3CCC(=O)N2CCCC2)no1. The maximum Gasteiger partial charge on any atom is 0.262 e. The van der Waals surface area contributed by atoms with Gasteiger partial charge >= 0.3 is 0 Å².